The Bertz CT molecular complexity index is 610. The largest absolute Gasteiger partial charge is 0.486 e. The second-order valence-corrected chi connectivity index (χ2v) is 3.85. The average molecular weight is 263 g/mol. The number of halogens is 2. The molecule has 0 amide bonds. The molecule has 0 unspecified atom stereocenters. The highest BCUT2D eigenvalue weighted by atomic mass is 35.5. The van der Waals surface area contributed by atoms with Gasteiger partial charge in [0.2, 0.25) is 0 Å². The van der Waals surface area contributed by atoms with Gasteiger partial charge in [0.05, 0.1) is 5.69 Å². The highest BCUT2D eigenvalue weighted by Gasteiger charge is 2.09. The second kappa shape index (κ2) is 5.48. The SMILES string of the molecule is N#Cc1c(F)cccc1OCc1cccc(Cl)n1. The summed E-state index contributed by atoms with van der Waals surface area (Å²) in [6.07, 6.45) is 0. The second-order valence-electron chi connectivity index (χ2n) is 3.47. The molecule has 0 aliphatic heterocycles. The van der Waals surface area contributed by atoms with Crippen LogP contribution in [0.25, 0.3) is 0 Å². The summed E-state index contributed by atoms with van der Waals surface area (Å²) in [5.41, 5.74) is 0.496. The van der Waals surface area contributed by atoms with E-state index in [1.54, 1.807) is 24.3 Å². The zero-order chi connectivity index (χ0) is 13.0. The van der Waals surface area contributed by atoms with E-state index in [-0.39, 0.29) is 17.9 Å². The van der Waals surface area contributed by atoms with E-state index in [1.807, 2.05) is 0 Å². The molecular formula is C13H8ClFN2O. The fourth-order valence-corrected chi connectivity index (χ4v) is 1.60. The quantitative estimate of drug-likeness (QED) is 0.797. The molecule has 0 saturated carbocycles. The lowest BCUT2D eigenvalue weighted by Crippen LogP contribution is -2.00. The number of hydrogen-bond donors (Lipinski definition) is 0. The van der Waals surface area contributed by atoms with Crippen molar-refractivity contribution in [2.24, 2.45) is 0 Å². The number of rotatable bonds is 3. The van der Waals surface area contributed by atoms with Crippen molar-refractivity contribution in [1.82, 2.24) is 4.98 Å². The van der Waals surface area contributed by atoms with Crippen LogP contribution in [-0.2, 0) is 6.61 Å². The molecule has 0 aliphatic rings. The van der Waals surface area contributed by atoms with Crippen molar-refractivity contribution in [2.45, 2.75) is 6.61 Å². The Morgan fingerprint density at radius 2 is 2.06 bits per heavy atom. The molecule has 90 valence electrons. The van der Waals surface area contributed by atoms with E-state index in [4.69, 9.17) is 21.6 Å². The van der Waals surface area contributed by atoms with Gasteiger partial charge >= 0.3 is 0 Å². The number of hydrogen-bond acceptors (Lipinski definition) is 3. The molecule has 0 saturated heterocycles. The van der Waals surface area contributed by atoms with Crippen molar-refractivity contribution in [1.29, 1.82) is 5.26 Å². The first kappa shape index (κ1) is 12.3. The molecule has 2 aromatic rings. The van der Waals surface area contributed by atoms with Crippen LogP contribution in [0.15, 0.2) is 36.4 Å². The molecule has 5 heteroatoms. The maximum absolute atomic E-state index is 13.3. The van der Waals surface area contributed by atoms with Crippen LogP contribution in [0.2, 0.25) is 5.15 Å². The molecule has 0 atom stereocenters. The summed E-state index contributed by atoms with van der Waals surface area (Å²) in [5, 5.41) is 9.19. The Morgan fingerprint density at radius 3 is 2.78 bits per heavy atom. The molecule has 0 radical (unpaired) electrons. The topological polar surface area (TPSA) is 45.9 Å². The van der Waals surface area contributed by atoms with Crippen LogP contribution in [0.5, 0.6) is 5.75 Å². The van der Waals surface area contributed by atoms with Gasteiger partial charge in [0, 0.05) is 0 Å². The van der Waals surface area contributed by atoms with E-state index in [0.29, 0.717) is 10.8 Å². The van der Waals surface area contributed by atoms with Gasteiger partial charge in [-0.25, -0.2) is 9.37 Å². The standard InChI is InChI=1S/C13H8ClFN2O/c14-13-6-1-3-9(17-13)8-18-12-5-2-4-11(15)10(12)7-16/h1-6H,8H2. The minimum atomic E-state index is -0.603. The Labute approximate surface area is 108 Å². The monoisotopic (exact) mass is 262 g/mol. The predicted octanol–water partition coefficient (Wildman–Crippen LogP) is 3.32. The lowest BCUT2D eigenvalue weighted by atomic mass is 10.2. The maximum atomic E-state index is 13.3. The molecule has 3 nitrogen and oxygen atoms in total. The first-order chi connectivity index (χ1) is 8.70. The van der Waals surface area contributed by atoms with E-state index in [9.17, 15) is 4.39 Å². The first-order valence-electron chi connectivity index (χ1n) is 5.13. The molecule has 1 aromatic carbocycles. The first-order valence-corrected chi connectivity index (χ1v) is 5.51. The molecular weight excluding hydrogens is 255 g/mol. The Balaban J connectivity index is 2.16. The normalized spacial score (nSPS) is 9.83. The third-order valence-corrected chi connectivity index (χ3v) is 2.45. The Kier molecular flexibility index (Phi) is 3.75. The summed E-state index contributed by atoms with van der Waals surface area (Å²) in [7, 11) is 0. The van der Waals surface area contributed by atoms with Gasteiger partial charge in [-0.05, 0) is 24.3 Å². The van der Waals surface area contributed by atoms with Gasteiger partial charge in [0.25, 0.3) is 0 Å². The van der Waals surface area contributed by atoms with Crippen molar-refractivity contribution < 1.29 is 9.13 Å². The van der Waals surface area contributed by atoms with E-state index in [2.05, 4.69) is 4.98 Å². The third kappa shape index (κ3) is 2.76. The van der Waals surface area contributed by atoms with E-state index < -0.39 is 5.82 Å². The number of nitriles is 1. The summed E-state index contributed by atoms with van der Waals surface area (Å²) in [4.78, 5) is 4.03. The third-order valence-electron chi connectivity index (χ3n) is 2.24. The zero-order valence-corrected chi connectivity index (χ0v) is 9.99. The van der Waals surface area contributed by atoms with E-state index in [0.717, 1.165) is 0 Å². The molecule has 18 heavy (non-hydrogen) atoms. The summed E-state index contributed by atoms with van der Waals surface area (Å²) in [6, 6.07) is 11.1. The summed E-state index contributed by atoms with van der Waals surface area (Å²) < 4.78 is 18.7. The van der Waals surface area contributed by atoms with Crippen molar-refractivity contribution >= 4 is 11.6 Å². The van der Waals surface area contributed by atoms with Crippen molar-refractivity contribution in [2.75, 3.05) is 0 Å². The minimum absolute atomic E-state index is 0.112. The highest BCUT2D eigenvalue weighted by molar-refractivity contribution is 6.29. The lowest BCUT2D eigenvalue weighted by molar-refractivity contribution is 0.299. The summed E-state index contributed by atoms with van der Waals surface area (Å²) >= 11 is 5.73. The summed E-state index contributed by atoms with van der Waals surface area (Å²) in [6.45, 7) is 0.124. The van der Waals surface area contributed by atoms with Gasteiger partial charge in [-0.15, -0.1) is 0 Å². The molecule has 0 bridgehead atoms. The number of benzene rings is 1. The fraction of sp³-hybridized carbons (Fsp3) is 0.0769. The van der Waals surface area contributed by atoms with Crippen LogP contribution >= 0.6 is 11.6 Å². The highest BCUT2D eigenvalue weighted by Crippen LogP contribution is 2.21. The van der Waals surface area contributed by atoms with Crippen LogP contribution in [0.1, 0.15) is 11.3 Å². The van der Waals surface area contributed by atoms with Gasteiger partial charge in [-0.2, -0.15) is 5.26 Å². The molecule has 0 aliphatic carbocycles. The number of aromatic nitrogens is 1. The molecule has 0 fully saturated rings. The van der Waals surface area contributed by atoms with E-state index >= 15 is 0 Å². The Morgan fingerprint density at radius 1 is 1.28 bits per heavy atom. The van der Waals surface area contributed by atoms with Crippen LogP contribution in [0.3, 0.4) is 0 Å². The van der Waals surface area contributed by atoms with Crippen LogP contribution in [0.4, 0.5) is 4.39 Å². The van der Waals surface area contributed by atoms with Gasteiger partial charge in [-0.1, -0.05) is 23.7 Å². The lowest BCUT2D eigenvalue weighted by Gasteiger charge is -2.07. The van der Waals surface area contributed by atoms with Crippen LogP contribution in [-0.4, -0.2) is 4.98 Å². The van der Waals surface area contributed by atoms with Gasteiger partial charge in [0.15, 0.2) is 0 Å². The number of pyridine rings is 1. The Hall–Kier alpha value is -2.12. The molecule has 2 rings (SSSR count). The molecule has 0 N–H and O–H groups in total. The zero-order valence-electron chi connectivity index (χ0n) is 9.23. The van der Waals surface area contributed by atoms with Crippen LogP contribution in [0, 0.1) is 17.1 Å². The van der Waals surface area contributed by atoms with E-state index in [1.165, 1.54) is 18.2 Å². The van der Waals surface area contributed by atoms with Gasteiger partial charge < -0.3 is 4.74 Å². The smallest absolute Gasteiger partial charge is 0.144 e. The average Bonchev–Trinajstić information content (AvgIpc) is 2.36. The van der Waals surface area contributed by atoms with Crippen molar-refractivity contribution in [3.05, 3.63) is 58.6 Å². The fourth-order valence-electron chi connectivity index (χ4n) is 1.42. The molecule has 0 spiro atoms. The van der Waals surface area contributed by atoms with Crippen LogP contribution < -0.4 is 4.74 Å². The van der Waals surface area contributed by atoms with Gasteiger partial charge in [0.1, 0.15) is 35.0 Å². The number of nitrogens with zero attached hydrogens (tertiary/aromatic N) is 2. The van der Waals surface area contributed by atoms with Gasteiger partial charge in [-0.3, -0.25) is 0 Å². The maximum Gasteiger partial charge on any atom is 0.144 e. The number of ether oxygens (including phenoxy) is 1. The van der Waals surface area contributed by atoms with Crippen molar-refractivity contribution in [3.8, 4) is 11.8 Å². The minimum Gasteiger partial charge on any atom is -0.486 e. The summed E-state index contributed by atoms with van der Waals surface area (Å²) in [5.74, 6) is -0.409. The van der Waals surface area contributed by atoms with Crippen molar-refractivity contribution in [3.63, 3.8) is 0 Å². The molecule has 1 aromatic heterocycles. The molecule has 1 heterocycles. The predicted molar refractivity (Wildman–Crippen MR) is 64.7 cm³/mol.